The van der Waals surface area contributed by atoms with Crippen molar-refractivity contribution in [1.82, 2.24) is 9.97 Å². The number of aryl methyl sites for hydroxylation is 1. The molecule has 2 nitrogen and oxygen atoms in total. The summed E-state index contributed by atoms with van der Waals surface area (Å²) >= 11 is 6.21. The summed E-state index contributed by atoms with van der Waals surface area (Å²) in [5.41, 5.74) is 4.91. The van der Waals surface area contributed by atoms with Gasteiger partial charge in [-0.05, 0) is 24.1 Å². The molecule has 0 fully saturated rings. The topological polar surface area (TPSA) is 25.8 Å². The number of hydrogen-bond donors (Lipinski definition) is 0. The van der Waals surface area contributed by atoms with E-state index in [1.54, 1.807) is 12.3 Å². The van der Waals surface area contributed by atoms with Crippen LogP contribution in [0.2, 0.25) is 5.02 Å². The number of rotatable bonds is 2. The molecule has 0 unspecified atom stereocenters. The highest BCUT2D eigenvalue weighted by Gasteiger charge is 2.10. The van der Waals surface area contributed by atoms with Crippen LogP contribution >= 0.6 is 11.6 Å². The van der Waals surface area contributed by atoms with Gasteiger partial charge in [0, 0.05) is 11.8 Å². The van der Waals surface area contributed by atoms with Crippen molar-refractivity contribution in [2.45, 2.75) is 13.3 Å². The molecule has 2 aromatic heterocycles. The van der Waals surface area contributed by atoms with Crippen LogP contribution in [0.25, 0.3) is 22.3 Å². The third kappa shape index (κ3) is 2.20. The number of aromatic nitrogens is 2. The van der Waals surface area contributed by atoms with Crippen LogP contribution in [0.3, 0.4) is 0 Å². The van der Waals surface area contributed by atoms with Crippen LogP contribution in [0.1, 0.15) is 12.5 Å². The van der Waals surface area contributed by atoms with Crippen LogP contribution in [0.5, 0.6) is 0 Å². The Bertz CT molecular complexity index is 723. The maximum absolute atomic E-state index is 6.21. The molecule has 0 bridgehead atoms. The van der Waals surface area contributed by atoms with Crippen molar-refractivity contribution >= 4 is 22.6 Å². The van der Waals surface area contributed by atoms with Gasteiger partial charge in [-0.1, -0.05) is 48.9 Å². The summed E-state index contributed by atoms with van der Waals surface area (Å²) in [6.07, 6.45) is 2.63. The van der Waals surface area contributed by atoms with Crippen molar-refractivity contribution in [2.24, 2.45) is 0 Å². The summed E-state index contributed by atoms with van der Waals surface area (Å²) in [6.45, 7) is 2.12. The molecule has 0 N–H and O–H groups in total. The molecule has 1 aromatic carbocycles. The number of nitrogens with zero attached hydrogens (tertiary/aromatic N) is 2. The first-order valence-electron chi connectivity index (χ1n) is 6.29. The Morgan fingerprint density at radius 3 is 2.63 bits per heavy atom. The minimum absolute atomic E-state index is 0.643. The number of halogens is 1. The van der Waals surface area contributed by atoms with Crippen molar-refractivity contribution in [2.75, 3.05) is 0 Å². The van der Waals surface area contributed by atoms with Crippen molar-refractivity contribution < 1.29 is 0 Å². The van der Waals surface area contributed by atoms with E-state index in [2.05, 4.69) is 30.1 Å². The highest BCUT2D eigenvalue weighted by atomic mass is 35.5. The number of benzene rings is 1. The van der Waals surface area contributed by atoms with Gasteiger partial charge >= 0.3 is 0 Å². The van der Waals surface area contributed by atoms with E-state index in [0.717, 1.165) is 28.7 Å². The van der Waals surface area contributed by atoms with Crippen LogP contribution in [0, 0.1) is 0 Å². The molecule has 19 heavy (non-hydrogen) atoms. The molecular formula is C16H13ClN2. The second kappa shape index (κ2) is 4.98. The van der Waals surface area contributed by atoms with E-state index in [9.17, 15) is 0 Å². The molecule has 0 aliphatic rings. The van der Waals surface area contributed by atoms with E-state index in [-0.39, 0.29) is 0 Å². The van der Waals surface area contributed by atoms with Gasteiger partial charge in [0.05, 0.1) is 16.2 Å². The van der Waals surface area contributed by atoms with Crippen molar-refractivity contribution in [1.29, 1.82) is 0 Å². The van der Waals surface area contributed by atoms with Gasteiger partial charge in [0.1, 0.15) is 5.52 Å². The van der Waals surface area contributed by atoms with Crippen molar-refractivity contribution in [3.8, 4) is 11.3 Å². The van der Waals surface area contributed by atoms with E-state index < -0.39 is 0 Å². The lowest BCUT2D eigenvalue weighted by Crippen LogP contribution is -1.95. The summed E-state index contributed by atoms with van der Waals surface area (Å²) in [4.78, 5) is 9.06. The molecule has 0 saturated carbocycles. The highest BCUT2D eigenvalue weighted by molar-refractivity contribution is 6.34. The average Bonchev–Trinajstić information content (AvgIpc) is 2.47. The second-order valence-electron chi connectivity index (χ2n) is 4.38. The molecule has 2 heterocycles. The molecule has 0 aliphatic heterocycles. The zero-order chi connectivity index (χ0) is 13.2. The summed E-state index contributed by atoms with van der Waals surface area (Å²) in [5, 5.41) is 0.643. The predicted octanol–water partition coefficient (Wildman–Crippen LogP) is 4.51. The van der Waals surface area contributed by atoms with Crippen LogP contribution in [-0.2, 0) is 6.42 Å². The number of pyridine rings is 2. The second-order valence-corrected chi connectivity index (χ2v) is 4.78. The predicted molar refractivity (Wildman–Crippen MR) is 79.4 cm³/mol. The highest BCUT2D eigenvalue weighted by Crippen LogP contribution is 2.28. The summed E-state index contributed by atoms with van der Waals surface area (Å²) in [7, 11) is 0. The minimum Gasteiger partial charge on any atom is -0.254 e. The van der Waals surface area contributed by atoms with Crippen molar-refractivity contribution in [3.05, 3.63) is 59.2 Å². The molecule has 94 valence electrons. The molecule has 0 radical (unpaired) electrons. The first kappa shape index (κ1) is 12.1. The van der Waals surface area contributed by atoms with Gasteiger partial charge in [-0.15, -0.1) is 0 Å². The van der Waals surface area contributed by atoms with E-state index in [4.69, 9.17) is 16.6 Å². The lowest BCUT2D eigenvalue weighted by molar-refractivity contribution is 1.12. The Labute approximate surface area is 117 Å². The standard InChI is InChI=1S/C16H13ClN2/c1-2-11-10-14-16(13(17)8-9-18-14)19-15(11)12-6-4-3-5-7-12/h3-10H,2H2,1H3. The Morgan fingerprint density at radius 2 is 1.89 bits per heavy atom. The zero-order valence-corrected chi connectivity index (χ0v) is 11.4. The molecule has 0 spiro atoms. The Kier molecular flexibility index (Phi) is 3.18. The molecule has 0 aliphatic carbocycles. The van der Waals surface area contributed by atoms with E-state index in [1.165, 1.54) is 5.56 Å². The third-order valence-corrected chi connectivity index (χ3v) is 3.48. The zero-order valence-electron chi connectivity index (χ0n) is 10.6. The van der Waals surface area contributed by atoms with Crippen molar-refractivity contribution in [3.63, 3.8) is 0 Å². The van der Waals surface area contributed by atoms with Gasteiger partial charge in [0.2, 0.25) is 0 Å². The molecule has 3 aromatic rings. The van der Waals surface area contributed by atoms with Gasteiger partial charge in [-0.25, -0.2) is 4.98 Å². The average molecular weight is 269 g/mol. The molecule has 0 saturated heterocycles. The Hall–Kier alpha value is -1.93. The fraction of sp³-hybridized carbons (Fsp3) is 0.125. The number of hydrogen-bond acceptors (Lipinski definition) is 2. The number of fused-ring (bicyclic) bond motifs is 1. The maximum Gasteiger partial charge on any atom is 0.108 e. The molecule has 3 heteroatoms. The summed E-state index contributed by atoms with van der Waals surface area (Å²) in [6, 6.07) is 14.0. The van der Waals surface area contributed by atoms with E-state index >= 15 is 0 Å². The van der Waals surface area contributed by atoms with E-state index in [0.29, 0.717) is 5.02 Å². The quantitative estimate of drug-likeness (QED) is 0.683. The largest absolute Gasteiger partial charge is 0.254 e. The van der Waals surface area contributed by atoms with Crippen LogP contribution in [-0.4, -0.2) is 9.97 Å². The van der Waals surface area contributed by atoms with Crippen LogP contribution in [0.15, 0.2) is 48.7 Å². The molecular weight excluding hydrogens is 256 g/mol. The third-order valence-electron chi connectivity index (χ3n) is 3.17. The van der Waals surface area contributed by atoms with E-state index in [1.807, 2.05) is 18.2 Å². The van der Waals surface area contributed by atoms with Gasteiger partial charge < -0.3 is 0 Å². The van der Waals surface area contributed by atoms with Gasteiger partial charge in [-0.2, -0.15) is 0 Å². The smallest absolute Gasteiger partial charge is 0.108 e. The first-order valence-corrected chi connectivity index (χ1v) is 6.67. The fourth-order valence-corrected chi connectivity index (χ4v) is 2.39. The van der Waals surface area contributed by atoms with Gasteiger partial charge in [0.25, 0.3) is 0 Å². The SMILES string of the molecule is CCc1cc2nccc(Cl)c2nc1-c1ccccc1. The minimum atomic E-state index is 0.643. The Morgan fingerprint density at radius 1 is 1.11 bits per heavy atom. The Balaban J connectivity index is 2.32. The summed E-state index contributed by atoms with van der Waals surface area (Å²) in [5.74, 6) is 0. The van der Waals surface area contributed by atoms with Crippen LogP contribution < -0.4 is 0 Å². The lowest BCUT2D eigenvalue weighted by atomic mass is 10.0. The molecule has 0 atom stereocenters. The fourth-order valence-electron chi connectivity index (χ4n) is 2.19. The maximum atomic E-state index is 6.21. The molecule has 3 rings (SSSR count). The van der Waals surface area contributed by atoms with Gasteiger partial charge in [-0.3, -0.25) is 4.98 Å². The normalized spacial score (nSPS) is 10.8. The van der Waals surface area contributed by atoms with Crippen LogP contribution in [0.4, 0.5) is 0 Å². The summed E-state index contributed by atoms with van der Waals surface area (Å²) < 4.78 is 0. The lowest BCUT2D eigenvalue weighted by Gasteiger charge is -2.09. The monoisotopic (exact) mass is 268 g/mol. The first-order chi connectivity index (χ1) is 9.29. The molecule has 0 amide bonds. The van der Waals surface area contributed by atoms with Gasteiger partial charge in [0.15, 0.2) is 0 Å².